The van der Waals surface area contributed by atoms with Gasteiger partial charge in [-0.15, -0.1) is 6.58 Å². The summed E-state index contributed by atoms with van der Waals surface area (Å²) in [6.07, 6.45) is 4.85. The van der Waals surface area contributed by atoms with Gasteiger partial charge < -0.3 is 40.7 Å². The van der Waals surface area contributed by atoms with Crippen molar-refractivity contribution in [1.29, 1.82) is 0 Å². The summed E-state index contributed by atoms with van der Waals surface area (Å²) in [7, 11) is 0. The fourth-order valence-corrected chi connectivity index (χ4v) is 8.48. The summed E-state index contributed by atoms with van der Waals surface area (Å²) in [5.41, 5.74) is 0.775. The van der Waals surface area contributed by atoms with E-state index in [1.54, 1.807) is 30.6 Å². The molecule has 0 aromatic heterocycles. The standard InChI is InChI=1S/C46H69N7O8/c1-10-20-47-40(57)37(55)33(23-29-14-13-15-29)48-39(56)34-24-32(61-43(60)52-21-18-30-16-11-12-17-31(30)26-52)27-53(34)41(58)38(45(5,6)7)50-42(59)49-35(44(2,3)4)28-51-22-19-46(8,9)25-36(51)54/h10-12,16-17,29,32-35,38H,1,13-15,18-28H2,2-9H3,(H,47,57)(H,48,56)(H2,49,50,59)/t32-,33?,34+,35-,38-/m1/s1. The highest BCUT2D eigenvalue weighted by Crippen LogP contribution is 2.34. The molecular formula is C46H69N7O8. The van der Waals surface area contributed by atoms with E-state index in [1.807, 2.05) is 45.0 Å². The van der Waals surface area contributed by atoms with Gasteiger partial charge in [-0.2, -0.15) is 0 Å². The Labute approximate surface area is 361 Å². The van der Waals surface area contributed by atoms with Gasteiger partial charge in [0, 0.05) is 45.6 Å². The smallest absolute Gasteiger partial charge is 0.410 e. The Morgan fingerprint density at radius 1 is 0.951 bits per heavy atom. The largest absolute Gasteiger partial charge is 0.444 e. The number of likely N-dealkylation sites (tertiary alicyclic amines) is 2. The fraction of sp³-hybridized carbons (Fsp3) is 0.674. The highest BCUT2D eigenvalue weighted by atomic mass is 16.6. The Hall–Kier alpha value is -4.95. The van der Waals surface area contributed by atoms with Crippen LogP contribution in [0.2, 0.25) is 0 Å². The SMILES string of the molecule is C=CCNC(=O)C(=O)C(CC1CCC1)NC(=O)[C@@H]1C[C@@H](OC(=O)N2CCc3ccccc3C2)CN1C(=O)[C@@H](NC(=O)N[C@H](CN1CCC(C)(C)CC1=O)C(C)(C)C)C(C)(C)C. The first-order chi connectivity index (χ1) is 28.6. The zero-order valence-corrected chi connectivity index (χ0v) is 37.6. The number of nitrogens with zero attached hydrogens (tertiary/aromatic N) is 3. The molecule has 0 radical (unpaired) electrons. The van der Waals surface area contributed by atoms with Crippen LogP contribution in [0, 0.1) is 22.2 Å². The van der Waals surface area contributed by atoms with Crippen LogP contribution in [0.3, 0.4) is 0 Å². The lowest BCUT2D eigenvalue weighted by Gasteiger charge is -2.41. The van der Waals surface area contributed by atoms with Gasteiger partial charge in [-0.25, -0.2) is 9.59 Å². The number of carbonyl (C=O) groups is 7. The lowest BCUT2D eigenvalue weighted by molar-refractivity contribution is -0.144. The van der Waals surface area contributed by atoms with Crippen LogP contribution in [0.15, 0.2) is 36.9 Å². The molecule has 2 saturated heterocycles. The lowest BCUT2D eigenvalue weighted by atomic mass is 9.80. The van der Waals surface area contributed by atoms with Crippen molar-refractivity contribution in [3.8, 4) is 0 Å². The molecule has 1 aliphatic carbocycles. The molecule has 0 bridgehead atoms. The molecule has 3 aliphatic heterocycles. The van der Waals surface area contributed by atoms with Gasteiger partial charge in [-0.05, 0) is 52.6 Å². The maximum atomic E-state index is 14.9. The van der Waals surface area contributed by atoms with Crippen molar-refractivity contribution in [1.82, 2.24) is 36.0 Å². The number of ether oxygens (including phenoxy) is 1. The maximum absolute atomic E-state index is 14.9. The molecule has 5 atom stereocenters. The van der Waals surface area contributed by atoms with Crippen LogP contribution in [-0.4, -0.2) is 119 Å². The van der Waals surface area contributed by atoms with Gasteiger partial charge >= 0.3 is 12.1 Å². The molecule has 15 nitrogen and oxygen atoms in total. The molecule has 4 N–H and O–H groups in total. The summed E-state index contributed by atoms with van der Waals surface area (Å²) in [6, 6.07) is 3.35. The number of hydrogen-bond acceptors (Lipinski definition) is 8. The number of Topliss-reactive ketones (excluding diaryl/α,β-unsaturated/α-hetero) is 1. The number of carbonyl (C=O) groups excluding carboxylic acids is 7. The molecule has 15 heteroatoms. The molecule has 336 valence electrons. The number of rotatable bonds is 14. The summed E-state index contributed by atoms with van der Waals surface area (Å²) in [6.45, 7) is 20.7. The lowest BCUT2D eigenvalue weighted by Crippen LogP contribution is -2.62. The Morgan fingerprint density at radius 3 is 2.25 bits per heavy atom. The zero-order valence-electron chi connectivity index (χ0n) is 37.6. The number of benzene rings is 1. The quantitative estimate of drug-likeness (QED) is 0.156. The van der Waals surface area contributed by atoms with Gasteiger partial charge in [0.25, 0.3) is 5.91 Å². The van der Waals surface area contributed by atoms with Gasteiger partial charge in [0.15, 0.2) is 0 Å². The molecule has 1 aromatic rings. The molecule has 1 saturated carbocycles. The van der Waals surface area contributed by atoms with Crippen molar-refractivity contribution in [2.24, 2.45) is 22.2 Å². The van der Waals surface area contributed by atoms with Gasteiger partial charge in [0.05, 0.1) is 18.6 Å². The summed E-state index contributed by atoms with van der Waals surface area (Å²) in [5, 5.41) is 11.3. The summed E-state index contributed by atoms with van der Waals surface area (Å²) in [5.74, 6) is -2.68. The second kappa shape index (κ2) is 19.4. The van der Waals surface area contributed by atoms with Crippen LogP contribution in [0.1, 0.15) is 111 Å². The van der Waals surface area contributed by atoms with Gasteiger partial charge in [-0.3, -0.25) is 24.0 Å². The highest BCUT2D eigenvalue weighted by Gasteiger charge is 2.48. The van der Waals surface area contributed by atoms with Crippen LogP contribution in [0.5, 0.6) is 0 Å². The van der Waals surface area contributed by atoms with E-state index in [0.29, 0.717) is 39.0 Å². The van der Waals surface area contributed by atoms with E-state index in [1.165, 1.54) is 11.0 Å². The number of amides is 7. The third-order valence-electron chi connectivity index (χ3n) is 12.7. The molecule has 3 heterocycles. The van der Waals surface area contributed by atoms with E-state index in [9.17, 15) is 33.6 Å². The zero-order chi connectivity index (χ0) is 44.9. The Kier molecular flexibility index (Phi) is 15.0. The topological polar surface area (TPSA) is 187 Å². The average molecular weight is 848 g/mol. The van der Waals surface area contributed by atoms with Crippen molar-refractivity contribution in [2.75, 3.05) is 32.7 Å². The van der Waals surface area contributed by atoms with Crippen molar-refractivity contribution in [2.45, 2.75) is 144 Å². The van der Waals surface area contributed by atoms with E-state index in [2.05, 4.69) is 41.7 Å². The maximum Gasteiger partial charge on any atom is 0.410 e. The van der Waals surface area contributed by atoms with Gasteiger partial charge in [-0.1, -0.05) is 105 Å². The predicted molar refractivity (Wildman–Crippen MR) is 231 cm³/mol. The molecule has 0 spiro atoms. The number of urea groups is 1. The van der Waals surface area contributed by atoms with Crippen molar-refractivity contribution >= 4 is 41.5 Å². The molecule has 4 aliphatic rings. The van der Waals surface area contributed by atoms with Crippen molar-refractivity contribution in [3.05, 3.63) is 48.0 Å². The summed E-state index contributed by atoms with van der Waals surface area (Å²) < 4.78 is 6.02. The summed E-state index contributed by atoms with van der Waals surface area (Å²) in [4.78, 5) is 101. The number of piperidine rings is 1. The van der Waals surface area contributed by atoms with E-state index in [-0.39, 0.29) is 43.2 Å². The molecule has 5 rings (SSSR count). The fourth-order valence-electron chi connectivity index (χ4n) is 8.48. The first-order valence-corrected chi connectivity index (χ1v) is 22.0. The Balaban J connectivity index is 1.37. The van der Waals surface area contributed by atoms with E-state index >= 15 is 0 Å². The van der Waals surface area contributed by atoms with E-state index < -0.39 is 76.7 Å². The first-order valence-electron chi connectivity index (χ1n) is 22.0. The van der Waals surface area contributed by atoms with E-state index in [0.717, 1.165) is 36.8 Å². The van der Waals surface area contributed by atoms with Crippen LogP contribution in [0.25, 0.3) is 0 Å². The van der Waals surface area contributed by atoms with Crippen molar-refractivity contribution in [3.63, 3.8) is 0 Å². The van der Waals surface area contributed by atoms with E-state index in [4.69, 9.17) is 4.74 Å². The van der Waals surface area contributed by atoms with Crippen LogP contribution >= 0.6 is 0 Å². The van der Waals surface area contributed by atoms with Crippen molar-refractivity contribution < 1.29 is 38.3 Å². The molecule has 61 heavy (non-hydrogen) atoms. The van der Waals surface area contributed by atoms with Gasteiger partial charge in [0.1, 0.15) is 18.2 Å². The highest BCUT2D eigenvalue weighted by molar-refractivity contribution is 6.38. The molecule has 1 aromatic carbocycles. The molecule has 1 unspecified atom stereocenters. The minimum Gasteiger partial charge on any atom is -0.444 e. The number of ketones is 1. The average Bonchev–Trinajstić information content (AvgIpc) is 3.59. The third-order valence-corrected chi connectivity index (χ3v) is 12.7. The van der Waals surface area contributed by atoms with Crippen LogP contribution in [0.4, 0.5) is 9.59 Å². The normalized spacial score (nSPS) is 21.8. The monoisotopic (exact) mass is 848 g/mol. The minimum atomic E-state index is -1.19. The predicted octanol–water partition coefficient (Wildman–Crippen LogP) is 4.47. The number of fused-ring (bicyclic) bond motifs is 1. The minimum absolute atomic E-state index is 0.0307. The Bertz CT molecular complexity index is 1830. The molecular weight excluding hydrogens is 779 g/mol. The first kappa shape index (κ1) is 47.1. The number of hydrogen-bond donors (Lipinski definition) is 4. The van der Waals surface area contributed by atoms with Crippen LogP contribution < -0.4 is 21.3 Å². The Morgan fingerprint density at radius 2 is 1.64 bits per heavy atom. The molecule has 7 amide bonds. The van der Waals surface area contributed by atoms with Crippen LogP contribution in [-0.2, 0) is 41.7 Å². The molecule has 3 fully saturated rings. The second-order valence-electron chi connectivity index (χ2n) is 20.4. The second-order valence-corrected chi connectivity index (χ2v) is 20.4. The number of nitrogens with one attached hydrogen (secondary N) is 4. The van der Waals surface area contributed by atoms with Gasteiger partial charge in [0.2, 0.25) is 23.5 Å². The third kappa shape index (κ3) is 12.3. The summed E-state index contributed by atoms with van der Waals surface area (Å²) >= 11 is 0.